The molecule has 1 amide bonds. The van der Waals surface area contributed by atoms with Crippen LogP contribution in [0.3, 0.4) is 0 Å². The van der Waals surface area contributed by atoms with E-state index < -0.39 is 30.6 Å². The molecule has 0 rings (SSSR count). The van der Waals surface area contributed by atoms with E-state index >= 15 is 0 Å². The highest BCUT2D eigenvalue weighted by molar-refractivity contribution is 5.78. The van der Waals surface area contributed by atoms with Gasteiger partial charge in [0, 0.05) is 6.04 Å². The fraction of sp³-hybridized carbons (Fsp3) is 0.895. The third-order valence-electron chi connectivity index (χ3n) is 4.38. The van der Waals surface area contributed by atoms with Gasteiger partial charge in [-0.2, -0.15) is 0 Å². The molecular formula is C19H37NO5. The summed E-state index contributed by atoms with van der Waals surface area (Å²) in [5.41, 5.74) is 0. The first-order valence-corrected chi connectivity index (χ1v) is 9.79. The summed E-state index contributed by atoms with van der Waals surface area (Å²) in [5, 5.41) is 30.1. The Hall–Kier alpha value is -1.14. The number of hydrogen-bond acceptors (Lipinski definition) is 4. The van der Waals surface area contributed by atoms with Crippen molar-refractivity contribution in [2.24, 2.45) is 0 Å². The van der Waals surface area contributed by atoms with Gasteiger partial charge in [-0.3, -0.25) is 9.59 Å². The van der Waals surface area contributed by atoms with Crippen LogP contribution in [0.15, 0.2) is 0 Å². The molecule has 0 fully saturated rings. The first-order valence-electron chi connectivity index (χ1n) is 9.79. The monoisotopic (exact) mass is 359 g/mol. The molecule has 0 aliphatic carbocycles. The Morgan fingerprint density at radius 1 is 0.920 bits per heavy atom. The van der Waals surface area contributed by atoms with Gasteiger partial charge in [0.25, 0.3) is 0 Å². The van der Waals surface area contributed by atoms with Crippen molar-refractivity contribution in [2.75, 3.05) is 6.61 Å². The number of carboxylic acid groups (broad SMARTS) is 1. The molecule has 2 atom stereocenters. The summed E-state index contributed by atoms with van der Waals surface area (Å²) in [6.45, 7) is 1.55. The predicted octanol–water partition coefficient (Wildman–Crippen LogP) is 3.00. The number of aliphatic hydroxyl groups excluding tert-OH is 2. The van der Waals surface area contributed by atoms with Gasteiger partial charge in [-0.1, -0.05) is 71.1 Å². The van der Waals surface area contributed by atoms with E-state index in [1.54, 1.807) is 0 Å². The molecule has 0 saturated heterocycles. The van der Waals surface area contributed by atoms with E-state index in [2.05, 4.69) is 12.2 Å². The molecule has 0 aromatic rings. The van der Waals surface area contributed by atoms with Gasteiger partial charge in [0.15, 0.2) is 0 Å². The highest BCUT2D eigenvalue weighted by atomic mass is 16.4. The van der Waals surface area contributed by atoms with Crippen molar-refractivity contribution < 1.29 is 24.9 Å². The molecule has 0 aliphatic heterocycles. The Morgan fingerprint density at radius 2 is 1.44 bits per heavy atom. The van der Waals surface area contributed by atoms with Crippen molar-refractivity contribution >= 4 is 11.9 Å². The van der Waals surface area contributed by atoms with Gasteiger partial charge < -0.3 is 20.6 Å². The lowest BCUT2D eigenvalue weighted by atomic mass is 10.00. The lowest BCUT2D eigenvalue weighted by Crippen LogP contribution is -2.40. The van der Waals surface area contributed by atoms with Gasteiger partial charge in [-0.05, 0) is 12.8 Å². The number of carboxylic acids is 1. The van der Waals surface area contributed by atoms with Gasteiger partial charge in [0.1, 0.15) is 6.61 Å². The molecule has 0 bridgehead atoms. The van der Waals surface area contributed by atoms with Gasteiger partial charge in [0.2, 0.25) is 5.91 Å². The summed E-state index contributed by atoms with van der Waals surface area (Å²) in [6.07, 6.45) is 12.2. The molecule has 0 radical (unpaired) electrons. The van der Waals surface area contributed by atoms with E-state index in [1.807, 2.05) is 0 Å². The lowest BCUT2D eigenvalue weighted by Gasteiger charge is -2.20. The van der Waals surface area contributed by atoms with Crippen LogP contribution < -0.4 is 5.32 Å². The summed E-state index contributed by atoms with van der Waals surface area (Å²) < 4.78 is 0. The van der Waals surface area contributed by atoms with Gasteiger partial charge in [-0.15, -0.1) is 0 Å². The highest BCUT2D eigenvalue weighted by Gasteiger charge is 2.19. The van der Waals surface area contributed by atoms with Crippen molar-refractivity contribution in [2.45, 2.75) is 103 Å². The van der Waals surface area contributed by atoms with Gasteiger partial charge >= 0.3 is 5.97 Å². The van der Waals surface area contributed by atoms with Gasteiger partial charge in [0.05, 0.1) is 12.5 Å². The first-order chi connectivity index (χ1) is 12.0. The zero-order valence-electron chi connectivity index (χ0n) is 15.7. The highest BCUT2D eigenvalue weighted by Crippen LogP contribution is 2.14. The van der Waals surface area contributed by atoms with Crippen molar-refractivity contribution in [1.29, 1.82) is 0 Å². The molecule has 0 spiro atoms. The average molecular weight is 360 g/mol. The van der Waals surface area contributed by atoms with Crippen LogP contribution in [0.2, 0.25) is 0 Å². The second kappa shape index (κ2) is 16.3. The van der Waals surface area contributed by atoms with Crippen LogP contribution in [0.4, 0.5) is 0 Å². The molecular weight excluding hydrogens is 322 g/mol. The summed E-state index contributed by atoms with van der Waals surface area (Å²) in [7, 11) is 0. The van der Waals surface area contributed by atoms with Crippen LogP contribution in [-0.4, -0.2) is 45.9 Å². The Labute approximate surface area is 152 Å². The number of unbranched alkanes of at least 4 members (excludes halogenated alkanes) is 9. The zero-order valence-corrected chi connectivity index (χ0v) is 15.7. The molecule has 0 heterocycles. The van der Waals surface area contributed by atoms with E-state index in [-0.39, 0.29) is 12.8 Å². The normalized spacial score (nSPS) is 13.4. The number of carbonyl (C=O) groups is 2. The van der Waals surface area contributed by atoms with E-state index in [9.17, 15) is 14.7 Å². The third kappa shape index (κ3) is 16.1. The molecule has 0 aliphatic rings. The van der Waals surface area contributed by atoms with Crippen LogP contribution >= 0.6 is 0 Å². The minimum atomic E-state index is -1.03. The van der Waals surface area contributed by atoms with Crippen LogP contribution in [-0.2, 0) is 9.59 Å². The van der Waals surface area contributed by atoms with Crippen LogP contribution in [0, 0.1) is 0 Å². The van der Waals surface area contributed by atoms with E-state index in [4.69, 9.17) is 10.2 Å². The molecule has 4 N–H and O–H groups in total. The number of amides is 1. The molecule has 6 nitrogen and oxygen atoms in total. The third-order valence-corrected chi connectivity index (χ3v) is 4.38. The topological polar surface area (TPSA) is 107 Å². The number of rotatable bonds is 17. The number of aliphatic carboxylic acids is 1. The quantitative estimate of drug-likeness (QED) is 0.299. The van der Waals surface area contributed by atoms with Crippen LogP contribution in [0.5, 0.6) is 0 Å². The largest absolute Gasteiger partial charge is 0.481 e. The Bertz CT molecular complexity index is 349. The number of aliphatic hydroxyl groups is 2. The maximum Gasteiger partial charge on any atom is 0.305 e. The Kier molecular flexibility index (Phi) is 15.6. The maximum atomic E-state index is 11.2. The molecule has 148 valence electrons. The molecule has 0 aromatic carbocycles. The summed E-state index contributed by atoms with van der Waals surface area (Å²) >= 11 is 0. The SMILES string of the molecule is CCCCCCCCCCCCC(O)CC(CC(=O)O)NC(=O)CO. The second-order valence-electron chi connectivity index (χ2n) is 6.88. The zero-order chi connectivity index (χ0) is 18.9. The van der Waals surface area contributed by atoms with Crippen LogP contribution in [0.25, 0.3) is 0 Å². The minimum absolute atomic E-state index is 0.204. The van der Waals surface area contributed by atoms with E-state index in [1.165, 1.54) is 51.4 Å². The van der Waals surface area contributed by atoms with E-state index in [0.29, 0.717) is 6.42 Å². The summed E-state index contributed by atoms with van der Waals surface area (Å²) in [4.78, 5) is 22.0. The molecule has 0 aromatic heterocycles. The second-order valence-corrected chi connectivity index (χ2v) is 6.88. The van der Waals surface area contributed by atoms with Crippen molar-refractivity contribution in [3.63, 3.8) is 0 Å². The lowest BCUT2D eigenvalue weighted by molar-refractivity contribution is -0.138. The maximum absolute atomic E-state index is 11.2. The summed E-state index contributed by atoms with van der Waals surface area (Å²) in [5.74, 6) is -1.65. The first kappa shape index (κ1) is 23.9. The Morgan fingerprint density at radius 3 is 1.92 bits per heavy atom. The van der Waals surface area contributed by atoms with Crippen molar-refractivity contribution in [1.82, 2.24) is 5.32 Å². The average Bonchev–Trinajstić information content (AvgIpc) is 2.55. The standard InChI is InChI=1S/C19H37NO5/c1-2-3-4-5-6-7-8-9-10-11-12-17(22)13-16(14-19(24)25)20-18(23)15-21/h16-17,21-22H,2-15H2,1H3,(H,20,23)(H,24,25). The number of hydrogen-bond donors (Lipinski definition) is 4. The molecule has 25 heavy (non-hydrogen) atoms. The fourth-order valence-corrected chi connectivity index (χ4v) is 2.99. The molecule has 6 heteroatoms. The smallest absolute Gasteiger partial charge is 0.305 e. The number of nitrogens with one attached hydrogen (secondary N) is 1. The predicted molar refractivity (Wildman–Crippen MR) is 98.4 cm³/mol. The minimum Gasteiger partial charge on any atom is -0.481 e. The molecule has 2 unspecified atom stereocenters. The number of carbonyl (C=O) groups excluding carboxylic acids is 1. The summed E-state index contributed by atoms with van der Waals surface area (Å²) in [6, 6.07) is -0.643. The fourth-order valence-electron chi connectivity index (χ4n) is 2.99. The Balaban J connectivity index is 3.72. The van der Waals surface area contributed by atoms with Crippen molar-refractivity contribution in [3.05, 3.63) is 0 Å². The van der Waals surface area contributed by atoms with Crippen LogP contribution in [0.1, 0.15) is 90.4 Å². The van der Waals surface area contributed by atoms with Crippen molar-refractivity contribution in [3.8, 4) is 0 Å². The van der Waals surface area contributed by atoms with Gasteiger partial charge in [-0.25, -0.2) is 0 Å². The van der Waals surface area contributed by atoms with E-state index in [0.717, 1.165) is 12.8 Å². The molecule has 0 saturated carbocycles.